The standard InChI is InChI=1S/C16H19Cl2N3/c1-5-19-14-9-13(16(2,3)4)20-15(21-14)10-6-11(17)8-12(18)7-10/h6-9H,5H2,1-4H3,(H,19,20,21). The minimum atomic E-state index is -0.0652. The maximum absolute atomic E-state index is 6.08. The number of nitrogens with zero attached hydrogens (tertiary/aromatic N) is 2. The second-order valence-electron chi connectivity index (χ2n) is 5.90. The molecule has 5 heteroatoms. The molecule has 0 spiro atoms. The Morgan fingerprint density at radius 2 is 1.62 bits per heavy atom. The van der Waals surface area contributed by atoms with Crippen LogP contribution in [0.3, 0.4) is 0 Å². The van der Waals surface area contributed by atoms with Gasteiger partial charge in [-0.25, -0.2) is 9.97 Å². The van der Waals surface area contributed by atoms with E-state index in [9.17, 15) is 0 Å². The maximum atomic E-state index is 6.08. The number of rotatable bonds is 3. The van der Waals surface area contributed by atoms with Gasteiger partial charge in [0.2, 0.25) is 0 Å². The van der Waals surface area contributed by atoms with E-state index < -0.39 is 0 Å². The Morgan fingerprint density at radius 3 is 2.14 bits per heavy atom. The highest BCUT2D eigenvalue weighted by molar-refractivity contribution is 6.35. The molecule has 2 rings (SSSR count). The molecular formula is C16H19Cl2N3. The van der Waals surface area contributed by atoms with Crippen LogP contribution in [0.15, 0.2) is 24.3 Å². The highest BCUT2D eigenvalue weighted by Crippen LogP contribution is 2.29. The van der Waals surface area contributed by atoms with Gasteiger partial charge >= 0.3 is 0 Å². The predicted octanol–water partition coefficient (Wildman–Crippen LogP) is 5.18. The van der Waals surface area contributed by atoms with E-state index in [1.807, 2.05) is 25.1 Å². The van der Waals surface area contributed by atoms with Gasteiger partial charge in [-0.05, 0) is 25.1 Å². The summed E-state index contributed by atoms with van der Waals surface area (Å²) in [5, 5.41) is 4.39. The SMILES string of the molecule is CCNc1cc(C(C)(C)C)nc(-c2cc(Cl)cc(Cl)c2)n1. The number of nitrogens with one attached hydrogen (secondary N) is 1. The number of aromatic nitrogens is 2. The molecule has 1 aromatic heterocycles. The Kier molecular flexibility index (Phi) is 4.74. The Bertz CT molecular complexity index is 628. The van der Waals surface area contributed by atoms with Gasteiger partial charge in [-0.15, -0.1) is 0 Å². The third-order valence-corrected chi connectivity index (χ3v) is 3.41. The Labute approximate surface area is 135 Å². The fraction of sp³-hybridized carbons (Fsp3) is 0.375. The summed E-state index contributed by atoms with van der Waals surface area (Å²) >= 11 is 12.2. The van der Waals surface area contributed by atoms with Crippen LogP contribution in [0.1, 0.15) is 33.4 Å². The van der Waals surface area contributed by atoms with Crippen molar-refractivity contribution in [2.45, 2.75) is 33.1 Å². The number of halogens is 2. The molecule has 0 atom stereocenters. The molecule has 1 aromatic carbocycles. The van der Waals surface area contributed by atoms with Gasteiger partial charge < -0.3 is 5.32 Å². The molecule has 0 fully saturated rings. The van der Waals surface area contributed by atoms with E-state index in [0.717, 1.165) is 23.6 Å². The summed E-state index contributed by atoms with van der Waals surface area (Å²) in [5.41, 5.74) is 1.72. The fourth-order valence-corrected chi connectivity index (χ4v) is 2.44. The first kappa shape index (κ1) is 16.1. The van der Waals surface area contributed by atoms with E-state index in [2.05, 4.69) is 36.1 Å². The van der Waals surface area contributed by atoms with Crippen LogP contribution in [0.2, 0.25) is 10.0 Å². The minimum absolute atomic E-state index is 0.0652. The molecule has 0 aliphatic rings. The highest BCUT2D eigenvalue weighted by atomic mass is 35.5. The van der Waals surface area contributed by atoms with Gasteiger partial charge in [0.05, 0.1) is 5.69 Å². The summed E-state index contributed by atoms with van der Waals surface area (Å²) in [6.07, 6.45) is 0. The van der Waals surface area contributed by atoms with Gasteiger partial charge in [0, 0.05) is 33.6 Å². The van der Waals surface area contributed by atoms with Gasteiger partial charge in [0.25, 0.3) is 0 Å². The number of benzene rings is 1. The topological polar surface area (TPSA) is 37.8 Å². The van der Waals surface area contributed by atoms with Crippen LogP contribution in [0, 0.1) is 0 Å². The van der Waals surface area contributed by atoms with Crippen LogP contribution in [0.25, 0.3) is 11.4 Å². The van der Waals surface area contributed by atoms with E-state index >= 15 is 0 Å². The van der Waals surface area contributed by atoms with Crippen LogP contribution in [0.5, 0.6) is 0 Å². The lowest BCUT2D eigenvalue weighted by Crippen LogP contribution is -2.16. The zero-order valence-electron chi connectivity index (χ0n) is 12.7. The van der Waals surface area contributed by atoms with E-state index in [0.29, 0.717) is 15.9 Å². The quantitative estimate of drug-likeness (QED) is 0.845. The monoisotopic (exact) mass is 323 g/mol. The summed E-state index contributed by atoms with van der Waals surface area (Å²) in [6.45, 7) is 9.21. The molecule has 0 bridgehead atoms. The fourth-order valence-electron chi connectivity index (χ4n) is 1.92. The highest BCUT2D eigenvalue weighted by Gasteiger charge is 2.18. The van der Waals surface area contributed by atoms with Gasteiger partial charge in [-0.3, -0.25) is 0 Å². The zero-order chi connectivity index (χ0) is 15.6. The van der Waals surface area contributed by atoms with Crippen molar-refractivity contribution in [3.05, 3.63) is 40.0 Å². The van der Waals surface area contributed by atoms with Crippen molar-refractivity contribution >= 4 is 29.0 Å². The average molecular weight is 324 g/mol. The third kappa shape index (κ3) is 4.08. The molecule has 0 aliphatic heterocycles. The summed E-state index contributed by atoms with van der Waals surface area (Å²) < 4.78 is 0. The van der Waals surface area contributed by atoms with Crippen molar-refractivity contribution in [1.82, 2.24) is 9.97 Å². The lowest BCUT2D eigenvalue weighted by atomic mass is 9.91. The normalized spacial score (nSPS) is 11.5. The molecule has 0 amide bonds. The van der Waals surface area contributed by atoms with Crippen molar-refractivity contribution in [3.8, 4) is 11.4 Å². The third-order valence-electron chi connectivity index (χ3n) is 2.97. The second-order valence-corrected chi connectivity index (χ2v) is 6.77. The molecule has 0 saturated carbocycles. The van der Waals surface area contributed by atoms with Crippen molar-refractivity contribution in [2.75, 3.05) is 11.9 Å². The number of hydrogen-bond donors (Lipinski definition) is 1. The smallest absolute Gasteiger partial charge is 0.161 e. The Balaban J connectivity index is 2.59. The Morgan fingerprint density at radius 1 is 1.00 bits per heavy atom. The van der Waals surface area contributed by atoms with Crippen molar-refractivity contribution in [3.63, 3.8) is 0 Å². The van der Waals surface area contributed by atoms with Crippen molar-refractivity contribution in [2.24, 2.45) is 0 Å². The maximum Gasteiger partial charge on any atom is 0.161 e. The Hall–Kier alpha value is -1.32. The molecule has 0 saturated heterocycles. The molecule has 0 radical (unpaired) electrons. The largest absolute Gasteiger partial charge is 0.370 e. The molecule has 0 aliphatic carbocycles. The van der Waals surface area contributed by atoms with Crippen molar-refractivity contribution < 1.29 is 0 Å². The lowest BCUT2D eigenvalue weighted by molar-refractivity contribution is 0.568. The van der Waals surface area contributed by atoms with Crippen LogP contribution < -0.4 is 5.32 Å². The second kappa shape index (κ2) is 6.20. The van der Waals surface area contributed by atoms with Crippen LogP contribution >= 0.6 is 23.2 Å². The first-order valence-corrected chi connectivity index (χ1v) is 7.65. The minimum Gasteiger partial charge on any atom is -0.370 e. The summed E-state index contributed by atoms with van der Waals surface area (Å²) in [4.78, 5) is 9.22. The molecule has 2 aromatic rings. The van der Waals surface area contributed by atoms with E-state index in [1.54, 1.807) is 6.07 Å². The van der Waals surface area contributed by atoms with Crippen LogP contribution in [-0.2, 0) is 5.41 Å². The van der Waals surface area contributed by atoms with Crippen molar-refractivity contribution in [1.29, 1.82) is 0 Å². The van der Waals surface area contributed by atoms with Gasteiger partial charge in [-0.2, -0.15) is 0 Å². The molecule has 1 N–H and O–H groups in total. The molecule has 21 heavy (non-hydrogen) atoms. The number of hydrogen-bond acceptors (Lipinski definition) is 3. The molecule has 3 nitrogen and oxygen atoms in total. The van der Waals surface area contributed by atoms with E-state index in [-0.39, 0.29) is 5.41 Å². The molecule has 1 heterocycles. The molecule has 0 unspecified atom stereocenters. The lowest BCUT2D eigenvalue weighted by Gasteiger charge is -2.19. The number of anilines is 1. The average Bonchev–Trinajstić information content (AvgIpc) is 2.36. The van der Waals surface area contributed by atoms with E-state index in [4.69, 9.17) is 23.2 Å². The van der Waals surface area contributed by atoms with Crippen LogP contribution in [-0.4, -0.2) is 16.5 Å². The first-order valence-electron chi connectivity index (χ1n) is 6.89. The zero-order valence-corrected chi connectivity index (χ0v) is 14.2. The summed E-state index contributed by atoms with van der Waals surface area (Å²) in [5.74, 6) is 1.44. The first-order chi connectivity index (χ1) is 9.79. The predicted molar refractivity (Wildman–Crippen MR) is 90.4 cm³/mol. The van der Waals surface area contributed by atoms with Gasteiger partial charge in [0.15, 0.2) is 5.82 Å². The molecular weight excluding hydrogens is 305 g/mol. The summed E-state index contributed by atoms with van der Waals surface area (Å²) in [6, 6.07) is 7.33. The van der Waals surface area contributed by atoms with E-state index in [1.165, 1.54) is 0 Å². The van der Waals surface area contributed by atoms with Gasteiger partial charge in [0.1, 0.15) is 5.82 Å². The molecule has 112 valence electrons. The summed E-state index contributed by atoms with van der Waals surface area (Å²) in [7, 11) is 0. The van der Waals surface area contributed by atoms with Crippen LogP contribution in [0.4, 0.5) is 5.82 Å². The van der Waals surface area contributed by atoms with Gasteiger partial charge in [-0.1, -0.05) is 44.0 Å².